The molecule has 2 atom stereocenters. The molecule has 3 aromatic rings. The Morgan fingerprint density at radius 1 is 1.24 bits per heavy atom. The summed E-state index contributed by atoms with van der Waals surface area (Å²) >= 11 is 1.49. The predicted molar refractivity (Wildman–Crippen MR) is 138 cm³/mol. The molecule has 5 heterocycles. The number of rotatable bonds is 5. The number of likely N-dealkylation sites (tertiary alicyclic amines) is 1. The third kappa shape index (κ3) is 4.69. The number of methoxy groups -OCH3 is 1. The number of carbonyl (C=O) groups excluding carboxylic acids is 2. The molecular weight excluding hydrogens is 497 g/mol. The highest BCUT2D eigenvalue weighted by Gasteiger charge is 2.40. The maximum Gasteiger partial charge on any atom is 0.414 e. The number of benzene rings is 1. The molecule has 0 radical (unpaired) electrons. The molecule has 11 heteroatoms. The second kappa shape index (κ2) is 9.79. The summed E-state index contributed by atoms with van der Waals surface area (Å²) < 4.78 is 25.8. The summed E-state index contributed by atoms with van der Waals surface area (Å²) in [5, 5.41) is 2.88. The van der Waals surface area contributed by atoms with E-state index in [1.54, 1.807) is 17.0 Å². The van der Waals surface area contributed by atoms with Crippen LogP contribution in [0.3, 0.4) is 0 Å². The van der Waals surface area contributed by atoms with Gasteiger partial charge < -0.3 is 14.8 Å². The Bertz CT molecular complexity index is 1390. The third-order valence-electron chi connectivity index (χ3n) is 7.20. The number of hydrogen-bond acceptors (Lipinski definition) is 8. The highest BCUT2D eigenvalue weighted by Crippen LogP contribution is 2.37. The van der Waals surface area contributed by atoms with Crippen LogP contribution in [0.5, 0.6) is 5.88 Å². The van der Waals surface area contributed by atoms with Crippen molar-refractivity contribution in [3.63, 3.8) is 0 Å². The van der Waals surface area contributed by atoms with Crippen molar-refractivity contribution in [2.24, 2.45) is 5.92 Å². The Kier molecular flexibility index (Phi) is 6.33. The van der Waals surface area contributed by atoms with Crippen molar-refractivity contribution in [3.05, 3.63) is 47.9 Å². The normalized spacial score (nSPS) is 21.7. The zero-order valence-corrected chi connectivity index (χ0v) is 21.1. The summed E-state index contributed by atoms with van der Waals surface area (Å²) in [6.45, 7) is 2.60. The SMILES string of the molecule is COc1ccc2ncc(F)c(CCN3CCC4CN(c5ccc6c(c5)NC(=O)CS6)C(=O)OC4C3)c2n1. The van der Waals surface area contributed by atoms with E-state index in [9.17, 15) is 14.0 Å². The van der Waals surface area contributed by atoms with Crippen LogP contribution in [0, 0.1) is 11.7 Å². The zero-order valence-electron chi connectivity index (χ0n) is 20.3. The highest BCUT2D eigenvalue weighted by atomic mass is 32.2. The molecule has 1 N–H and O–H groups in total. The fourth-order valence-corrected chi connectivity index (χ4v) is 6.01. The number of thioether (sulfide) groups is 1. The van der Waals surface area contributed by atoms with Gasteiger partial charge in [0.1, 0.15) is 11.9 Å². The molecule has 3 aliphatic rings. The summed E-state index contributed by atoms with van der Waals surface area (Å²) in [6, 6.07) is 9.16. The van der Waals surface area contributed by atoms with Crippen LogP contribution in [-0.4, -0.2) is 72.0 Å². The molecule has 0 bridgehead atoms. The molecule has 6 rings (SSSR count). The van der Waals surface area contributed by atoms with E-state index in [2.05, 4.69) is 20.2 Å². The summed E-state index contributed by atoms with van der Waals surface area (Å²) in [5.41, 5.74) is 3.09. The van der Waals surface area contributed by atoms with E-state index in [4.69, 9.17) is 9.47 Å². The molecule has 0 aliphatic carbocycles. The van der Waals surface area contributed by atoms with Crippen molar-refractivity contribution in [2.45, 2.75) is 23.8 Å². The van der Waals surface area contributed by atoms with Crippen molar-refractivity contribution < 1.29 is 23.5 Å². The van der Waals surface area contributed by atoms with Gasteiger partial charge in [-0.2, -0.15) is 0 Å². The average molecular weight is 524 g/mol. The Morgan fingerprint density at radius 3 is 3.00 bits per heavy atom. The monoisotopic (exact) mass is 523 g/mol. The number of ether oxygens (including phenoxy) is 2. The number of piperidine rings is 1. The van der Waals surface area contributed by atoms with Gasteiger partial charge in [-0.3, -0.25) is 19.6 Å². The minimum absolute atomic E-state index is 0.0436. The fraction of sp³-hybridized carbons (Fsp3) is 0.385. The van der Waals surface area contributed by atoms with Crippen LogP contribution in [0.4, 0.5) is 20.6 Å². The van der Waals surface area contributed by atoms with Gasteiger partial charge in [0.15, 0.2) is 0 Å². The van der Waals surface area contributed by atoms with Gasteiger partial charge in [-0.1, -0.05) is 0 Å². The molecule has 9 nitrogen and oxygen atoms in total. The van der Waals surface area contributed by atoms with Crippen LogP contribution < -0.4 is 15.0 Å². The molecule has 2 fully saturated rings. The van der Waals surface area contributed by atoms with Crippen LogP contribution >= 0.6 is 11.8 Å². The Balaban J connectivity index is 1.12. The van der Waals surface area contributed by atoms with Crippen LogP contribution in [0.1, 0.15) is 12.0 Å². The minimum atomic E-state index is -0.389. The van der Waals surface area contributed by atoms with Crippen molar-refractivity contribution >= 4 is 46.2 Å². The Labute approximate surface area is 217 Å². The minimum Gasteiger partial charge on any atom is -0.481 e. The zero-order chi connectivity index (χ0) is 25.5. The summed E-state index contributed by atoms with van der Waals surface area (Å²) in [5.74, 6) is 0.576. The number of pyridine rings is 2. The molecule has 0 saturated carbocycles. The van der Waals surface area contributed by atoms with E-state index >= 15 is 0 Å². The van der Waals surface area contributed by atoms with E-state index in [1.807, 2.05) is 18.2 Å². The first-order chi connectivity index (χ1) is 18.0. The number of amides is 2. The van der Waals surface area contributed by atoms with Gasteiger partial charge in [0, 0.05) is 47.8 Å². The summed E-state index contributed by atoms with van der Waals surface area (Å²) in [4.78, 5) is 38.1. The first-order valence-corrected chi connectivity index (χ1v) is 13.2. The molecular formula is C26H26FN5O4S. The molecule has 37 heavy (non-hydrogen) atoms. The van der Waals surface area contributed by atoms with Crippen LogP contribution in [0.2, 0.25) is 0 Å². The number of anilines is 2. The molecule has 2 aromatic heterocycles. The number of nitrogens with one attached hydrogen (secondary N) is 1. The second-order valence-corrected chi connectivity index (χ2v) is 10.5. The lowest BCUT2D eigenvalue weighted by Crippen LogP contribution is -2.56. The van der Waals surface area contributed by atoms with Gasteiger partial charge in [-0.15, -0.1) is 11.8 Å². The molecule has 2 unspecified atom stereocenters. The first-order valence-electron chi connectivity index (χ1n) is 12.2. The highest BCUT2D eigenvalue weighted by molar-refractivity contribution is 8.00. The van der Waals surface area contributed by atoms with Crippen molar-refractivity contribution in [1.82, 2.24) is 14.9 Å². The number of nitrogens with zero attached hydrogens (tertiary/aromatic N) is 4. The molecule has 1 aromatic carbocycles. The van der Waals surface area contributed by atoms with Crippen molar-refractivity contribution in [1.29, 1.82) is 0 Å². The molecule has 3 aliphatic heterocycles. The average Bonchev–Trinajstić information content (AvgIpc) is 2.91. The molecule has 2 amide bonds. The van der Waals surface area contributed by atoms with E-state index in [0.29, 0.717) is 54.3 Å². The lowest BCUT2D eigenvalue weighted by Gasteiger charge is -2.44. The quantitative estimate of drug-likeness (QED) is 0.541. The van der Waals surface area contributed by atoms with Crippen LogP contribution in [-0.2, 0) is 16.0 Å². The Morgan fingerprint density at radius 2 is 2.14 bits per heavy atom. The topological polar surface area (TPSA) is 96.9 Å². The third-order valence-corrected chi connectivity index (χ3v) is 8.28. The second-order valence-electron chi connectivity index (χ2n) is 9.46. The maximum atomic E-state index is 14.7. The predicted octanol–water partition coefficient (Wildman–Crippen LogP) is 3.71. The lowest BCUT2D eigenvalue weighted by atomic mass is 9.91. The number of aromatic nitrogens is 2. The van der Waals surface area contributed by atoms with Gasteiger partial charge in [-0.25, -0.2) is 14.2 Å². The number of hydrogen-bond donors (Lipinski definition) is 1. The van der Waals surface area contributed by atoms with Gasteiger partial charge in [0.2, 0.25) is 11.8 Å². The number of halogens is 1. The molecule has 2 saturated heterocycles. The summed E-state index contributed by atoms with van der Waals surface area (Å²) in [6.07, 6.45) is 1.95. The van der Waals surface area contributed by atoms with E-state index < -0.39 is 0 Å². The van der Waals surface area contributed by atoms with Crippen LogP contribution in [0.15, 0.2) is 41.4 Å². The van der Waals surface area contributed by atoms with E-state index in [0.717, 1.165) is 29.2 Å². The van der Waals surface area contributed by atoms with Crippen molar-refractivity contribution in [2.75, 3.05) is 49.3 Å². The Hall–Kier alpha value is -3.44. The lowest BCUT2D eigenvalue weighted by molar-refractivity contribution is -0.113. The number of fused-ring (bicyclic) bond motifs is 3. The van der Waals surface area contributed by atoms with Crippen molar-refractivity contribution in [3.8, 4) is 5.88 Å². The van der Waals surface area contributed by atoms with Crippen LogP contribution in [0.25, 0.3) is 11.0 Å². The smallest absolute Gasteiger partial charge is 0.414 e. The van der Waals surface area contributed by atoms with Gasteiger partial charge in [-0.05, 0) is 43.7 Å². The molecule has 0 spiro atoms. The number of carbonyl (C=O) groups is 2. The fourth-order valence-electron chi connectivity index (χ4n) is 5.23. The summed E-state index contributed by atoms with van der Waals surface area (Å²) in [7, 11) is 1.53. The maximum absolute atomic E-state index is 14.7. The first kappa shape index (κ1) is 23.9. The largest absolute Gasteiger partial charge is 0.481 e. The van der Waals surface area contributed by atoms with E-state index in [1.165, 1.54) is 25.1 Å². The van der Waals surface area contributed by atoms with Gasteiger partial charge in [0.25, 0.3) is 0 Å². The van der Waals surface area contributed by atoms with E-state index in [-0.39, 0.29) is 29.8 Å². The van der Waals surface area contributed by atoms with Gasteiger partial charge in [0.05, 0.1) is 35.8 Å². The van der Waals surface area contributed by atoms with Gasteiger partial charge >= 0.3 is 6.09 Å². The molecule has 192 valence electrons. The standard InChI is InChI=1S/C26H26FN5O4S/c1-35-24-5-3-19-25(30-24)17(18(27)11-28-19)7-9-31-8-6-15-12-32(26(34)36-21(15)13-31)16-2-4-22-20(10-16)29-23(33)14-37-22/h2-5,10-11,15,21H,6-9,12-14H2,1H3,(H,29,33).